The average molecular weight is 254 g/mol. The number of hydrogen-bond donors (Lipinski definition) is 1. The Bertz CT molecular complexity index is 520. The van der Waals surface area contributed by atoms with Gasteiger partial charge in [0.2, 0.25) is 5.95 Å². The van der Waals surface area contributed by atoms with Crippen molar-refractivity contribution in [3.63, 3.8) is 0 Å². The van der Waals surface area contributed by atoms with Crippen molar-refractivity contribution in [3.05, 3.63) is 40.0 Å². The van der Waals surface area contributed by atoms with Crippen LogP contribution in [0.1, 0.15) is 5.69 Å². The lowest BCUT2D eigenvalue weighted by Crippen LogP contribution is -1.98. The Kier molecular flexibility index (Phi) is 2.99. The van der Waals surface area contributed by atoms with Gasteiger partial charge in [0.1, 0.15) is 0 Å². The summed E-state index contributed by atoms with van der Waals surface area (Å²) in [6.45, 7) is 1.85. The largest absolute Gasteiger partial charge is 0.368 e. The van der Waals surface area contributed by atoms with Crippen molar-refractivity contribution in [2.24, 2.45) is 0 Å². The van der Waals surface area contributed by atoms with E-state index in [0.717, 1.165) is 11.3 Å². The number of nitrogens with zero attached hydrogens (tertiary/aromatic N) is 2. The van der Waals surface area contributed by atoms with E-state index in [1.54, 1.807) is 12.1 Å². The Labute approximate surface area is 103 Å². The van der Waals surface area contributed by atoms with Gasteiger partial charge in [0, 0.05) is 16.3 Å². The summed E-state index contributed by atoms with van der Waals surface area (Å²) in [5, 5.41) is 1.14. The van der Waals surface area contributed by atoms with Crippen LogP contribution >= 0.6 is 23.2 Å². The molecule has 5 heteroatoms. The molecule has 0 saturated carbocycles. The molecule has 0 atom stereocenters. The molecule has 0 fully saturated rings. The maximum Gasteiger partial charge on any atom is 0.220 e. The summed E-state index contributed by atoms with van der Waals surface area (Å²) in [5.41, 5.74) is 7.88. The van der Waals surface area contributed by atoms with Gasteiger partial charge in [-0.1, -0.05) is 23.2 Å². The molecule has 1 aromatic heterocycles. The van der Waals surface area contributed by atoms with Crippen molar-refractivity contribution in [1.29, 1.82) is 0 Å². The van der Waals surface area contributed by atoms with E-state index in [4.69, 9.17) is 28.9 Å². The van der Waals surface area contributed by atoms with Gasteiger partial charge < -0.3 is 5.73 Å². The molecule has 0 unspecified atom stereocenters. The van der Waals surface area contributed by atoms with Crippen LogP contribution in [-0.4, -0.2) is 9.97 Å². The maximum absolute atomic E-state index is 6.08. The zero-order chi connectivity index (χ0) is 11.7. The van der Waals surface area contributed by atoms with Crippen LogP contribution in [0.25, 0.3) is 11.3 Å². The molecule has 0 spiro atoms. The molecule has 0 aliphatic carbocycles. The summed E-state index contributed by atoms with van der Waals surface area (Å²) in [7, 11) is 0. The van der Waals surface area contributed by atoms with Crippen molar-refractivity contribution in [3.8, 4) is 11.3 Å². The number of aromatic nitrogens is 2. The van der Waals surface area contributed by atoms with Crippen LogP contribution < -0.4 is 5.73 Å². The van der Waals surface area contributed by atoms with Crippen molar-refractivity contribution >= 4 is 29.2 Å². The molecule has 0 aliphatic heterocycles. The molecule has 2 aromatic rings. The lowest BCUT2D eigenvalue weighted by atomic mass is 10.1. The third-order valence-electron chi connectivity index (χ3n) is 2.08. The predicted molar refractivity (Wildman–Crippen MR) is 66.6 cm³/mol. The van der Waals surface area contributed by atoms with Crippen LogP contribution in [0.15, 0.2) is 24.3 Å². The molecule has 2 rings (SSSR count). The molecule has 1 aromatic carbocycles. The molecule has 0 radical (unpaired) electrons. The molecular formula is C11H9Cl2N3. The number of nitrogens with two attached hydrogens (primary N) is 1. The Hall–Kier alpha value is -1.32. The third-order valence-corrected chi connectivity index (χ3v) is 2.63. The molecule has 82 valence electrons. The highest BCUT2D eigenvalue weighted by Gasteiger charge is 2.07. The number of benzene rings is 1. The Morgan fingerprint density at radius 1 is 1.12 bits per heavy atom. The maximum atomic E-state index is 6.08. The highest BCUT2D eigenvalue weighted by molar-refractivity contribution is 6.36. The van der Waals surface area contributed by atoms with E-state index in [2.05, 4.69) is 9.97 Å². The first-order valence-electron chi connectivity index (χ1n) is 4.63. The first-order chi connectivity index (χ1) is 7.56. The van der Waals surface area contributed by atoms with E-state index in [1.807, 2.05) is 19.1 Å². The topological polar surface area (TPSA) is 51.8 Å². The van der Waals surface area contributed by atoms with Crippen molar-refractivity contribution in [1.82, 2.24) is 9.97 Å². The zero-order valence-electron chi connectivity index (χ0n) is 8.54. The molecule has 0 saturated heterocycles. The fraction of sp³-hybridized carbons (Fsp3) is 0.0909. The molecule has 1 heterocycles. The molecular weight excluding hydrogens is 245 g/mol. The number of hydrogen-bond acceptors (Lipinski definition) is 3. The number of aryl methyl sites for hydroxylation is 1. The monoisotopic (exact) mass is 253 g/mol. The third kappa shape index (κ3) is 2.26. The van der Waals surface area contributed by atoms with Crippen molar-refractivity contribution in [2.45, 2.75) is 6.92 Å². The summed E-state index contributed by atoms with van der Waals surface area (Å²) >= 11 is 11.9. The van der Waals surface area contributed by atoms with Crippen LogP contribution in [0.3, 0.4) is 0 Å². The van der Waals surface area contributed by atoms with Gasteiger partial charge >= 0.3 is 0 Å². The number of anilines is 1. The normalized spacial score (nSPS) is 10.4. The summed E-state index contributed by atoms with van der Waals surface area (Å²) in [6.07, 6.45) is 0. The van der Waals surface area contributed by atoms with Gasteiger partial charge in [0.05, 0.1) is 10.7 Å². The fourth-order valence-corrected chi connectivity index (χ4v) is 1.93. The fourth-order valence-electron chi connectivity index (χ4n) is 1.43. The summed E-state index contributed by atoms with van der Waals surface area (Å²) in [5.74, 6) is 0.237. The van der Waals surface area contributed by atoms with Gasteiger partial charge in [-0.05, 0) is 31.2 Å². The van der Waals surface area contributed by atoms with E-state index >= 15 is 0 Å². The molecule has 0 aliphatic rings. The summed E-state index contributed by atoms with van der Waals surface area (Å²) < 4.78 is 0. The van der Waals surface area contributed by atoms with Gasteiger partial charge in [0.25, 0.3) is 0 Å². The molecule has 2 N–H and O–H groups in total. The second-order valence-corrected chi connectivity index (χ2v) is 4.22. The highest BCUT2D eigenvalue weighted by Crippen LogP contribution is 2.29. The molecule has 3 nitrogen and oxygen atoms in total. The molecule has 0 bridgehead atoms. The van der Waals surface area contributed by atoms with Crippen LogP contribution in [0.2, 0.25) is 10.0 Å². The second kappa shape index (κ2) is 4.28. The standard InChI is InChI=1S/C11H9Cl2N3/c1-6-4-10(16-11(14)15-6)8-3-2-7(12)5-9(8)13/h2-5H,1H3,(H2,14,15,16). The second-order valence-electron chi connectivity index (χ2n) is 3.38. The average Bonchev–Trinajstić information content (AvgIpc) is 2.15. The van der Waals surface area contributed by atoms with Gasteiger partial charge in [-0.15, -0.1) is 0 Å². The lowest BCUT2D eigenvalue weighted by Gasteiger charge is -2.05. The molecule has 0 amide bonds. The number of rotatable bonds is 1. The highest BCUT2D eigenvalue weighted by atomic mass is 35.5. The van der Waals surface area contributed by atoms with Gasteiger partial charge in [-0.2, -0.15) is 0 Å². The minimum Gasteiger partial charge on any atom is -0.368 e. The Balaban J connectivity index is 2.58. The van der Waals surface area contributed by atoms with Gasteiger partial charge in [0.15, 0.2) is 0 Å². The Morgan fingerprint density at radius 3 is 2.50 bits per heavy atom. The van der Waals surface area contributed by atoms with E-state index in [1.165, 1.54) is 0 Å². The summed E-state index contributed by atoms with van der Waals surface area (Å²) in [6, 6.07) is 7.07. The van der Waals surface area contributed by atoms with Crippen molar-refractivity contribution in [2.75, 3.05) is 5.73 Å². The smallest absolute Gasteiger partial charge is 0.220 e. The summed E-state index contributed by atoms with van der Waals surface area (Å²) in [4.78, 5) is 8.14. The van der Waals surface area contributed by atoms with Crippen LogP contribution in [0.4, 0.5) is 5.95 Å². The van der Waals surface area contributed by atoms with E-state index in [9.17, 15) is 0 Å². The van der Waals surface area contributed by atoms with Crippen LogP contribution in [-0.2, 0) is 0 Å². The van der Waals surface area contributed by atoms with Gasteiger partial charge in [-0.25, -0.2) is 9.97 Å². The van der Waals surface area contributed by atoms with E-state index in [0.29, 0.717) is 15.7 Å². The quantitative estimate of drug-likeness (QED) is 0.849. The minimum absolute atomic E-state index is 0.237. The van der Waals surface area contributed by atoms with Crippen LogP contribution in [0, 0.1) is 6.92 Å². The van der Waals surface area contributed by atoms with Crippen molar-refractivity contribution < 1.29 is 0 Å². The number of halogens is 2. The SMILES string of the molecule is Cc1cc(-c2ccc(Cl)cc2Cl)nc(N)n1. The number of nitrogen functional groups attached to an aromatic ring is 1. The lowest BCUT2D eigenvalue weighted by molar-refractivity contribution is 1.12. The first kappa shape index (κ1) is 11.2. The van der Waals surface area contributed by atoms with E-state index < -0.39 is 0 Å². The van der Waals surface area contributed by atoms with Crippen LogP contribution in [0.5, 0.6) is 0 Å². The minimum atomic E-state index is 0.237. The van der Waals surface area contributed by atoms with E-state index in [-0.39, 0.29) is 5.95 Å². The molecule has 16 heavy (non-hydrogen) atoms. The zero-order valence-corrected chi connectivity index (χ0v) is 10.0. The Morgan fingerprint density at radius 2 is 1.88 bits per heavy atom. The first-order valence-corrected chi connectivity index (χ1v) is 5.38. The predicted octanol–water partition coefficient (Wildman–Crippen LogP) is 3.34. The van der Waals surface area contributed by atoms with Gasteiger partial charge in [-0.3, -0.25) is 0 Å².